The van der Waals surface area contributed by atoms with Gasteiger partial charge in [0.15, 0.2) is 0 Å². The molecule has 0 N–H and O–H groups in total. The molecule has 0 aliphatic heterocycles. The number of nitrogens with zero attached hydrogens (tertiary/aromatic N) is 2. The van der Waals surface area contributed by atoms with Crippen LogP contribution >= 0.6 is 0 Å². The minimum Gasteiger partial charge on any atom is -0.497 e. The summed E-state index contributed by atoms with van der Waals surface area (Å²) in [4.78, 5) is 10.2. The first-order chi connectivity index (χ1) is 16.7. The lowest BCUT2D eigenvalue weighted by Crippen LogP contribution is -1.96. The molecule has 0 unspecified atom stereocenters. The van der Waals surface area contributed by atoms with E-state index in [4.69, 9.17) is 19.4 Å². The number of methoxy groups -OCH3 is 2. The van der Waals surface area contributed by atoms with Crippen LogP contribution in [-0.2, 0) is 0 Å². The van der Waals surface area contributed by atoms with Crippen molar-refractivity contribution in [2.75, 3.05) is 14.2 Å². The predicted molar refractivity (Wildman–Crippen MR) is 145 cm³/mol. The van der Waals surface area contributed by atoms with E-state index in [1.54, 1.807) is 14.2 Å². The fraction of sp³-hybridized carbons (Fsp3) is 0.0968. The number of hydrogen-bond acceptors (Lipinski definition) is 4. The Kier molecular flexibility index (Phi) is 5.79. The Hall–Kier alpha value is -4.44. The molecule has 1 heterocycles. The number of rotatable bonds is 4. The number of aromatic nitrogens is 2. The third-order valence-electron chi connectivity index (χ3n) is 6.21. The van der Waals surface area contributed by atoms with Gasteiger partial charge in [0.2, 0.25) is 0 Å². The zero-order valence-electron chi connectivity index (χ0n) is 18.9. The molecule has 0 aliphatic rings. The average Bonchev–Trinajstić information content (AvgIpc) is 2.90. The molecule has 0 saturated carbocycles. The first-order valence-electron chi connectivity index (χ1n) is 11.1. The highest BCUT2D eigenvalue weighted by Crippen LogP contribution is 2.34. The van der Waals surface area contributed by atoms with Gasteiger partial charge < -0.3 is 9.47 Å². The van der Waals surface area contributed by atoms with Crippen LogP contribution in [0.2, 0.25) is 0 Å². The van der Waals surface area contributed by atoms with Crippen molar-refractivity contribution in [1.82, 2.24) is 9.97 Å². The first kappa shape index (κ1) is 22.4. The third-order valence-corrected chi connectivity index (χ3v) is 6.21. The molecule has 0 spiro atoms. The Morgan fingerprint density at radius 2 is 0.886 bits per heavy atom. The van der Waals surface area contributed by atoms with Crippen molar-refractivity contribution in [1.29, 1.82) is 0 Å². The molecule has 35 heavy (non-hydrogen) atoms. The maximum atomic E-state index is 5.35. The molecule has 0 atom stereocenters. The van der Waals surface area contributed by atoms with E-state index in [0.29, 0.717) is 0 Å². The molecule has 0 amide bonds. The molecule has 6 aromatic rings. The second-order valence-electron chi connectivity index (χ2n) is 8.27. The van der Waals surface area contributed by atoms with Gasteiger partial charge in [0, 0.05) is 11.1 Å². The second-order valence-corrected chi connectivity index (χ2v) is 8.27. The van der Waals surface area contributed by atoms with Crippen molar-refractivity contribution in [3.05, 3.63) is 97.1 Å². The van der Waals surface area contributed by atoms with Gasteiger partial charge in [-0.2, -0.15) is 0 Å². The van der Waals surface area contributed by atoms with E-state index in [-0.39, 0.29) is 7.43 Å². The molecule has 0 aliphatic carbocycles. The SMILES string of the molecule is C.COc1ccc(-c2nc3cc4cc5ccccc5cc4cc3nc2-c2ccc(OC)cc2)cc1. The van der Waals surface area contributed by atoms with Gasteiger partial charge in [-0.1, -0.05) is 31.7 Å². The van der Waals surface area contributed by atoms with Gasteiger partial charge >= 0.3 is 0 Å². The molecule has 6 rings (SSSR count). The summed E-state index contributed by atoms with van der Waals surface area (Å²) >= 11 is 0. The highest BCUT2D eigenvalue weighted by molar-refractivity contribution is 6.03. The van der Waals surface area contributed by atoms with Crippen LogP contribution < -0.4 is 9.47 Å². The molecule has 4 nitrogen and oxygen atoms in total. The normalized spacial score (nSPS) is 10.9. The van der Waals surface area contributed by atoms with Crippen molar-refractivity contribution in [2.24, 2.45) is 0 Å². The van der Waals surface area contributed by atoms with Crippen molar-refractivity contribution in [2.45, 2.75) is 7.43 Å². The maximum Gasteiger partial charge on any atom is 0.118 e. The van der Waals surface area contributed by atoms with Gasteiger partial charge in [-0.25, -0.2) is 9.97 Å². The standard InChI is InChI=1S/C30H22N2O2.CH4/c1-33-25-11-7-19(8-12-25)29-30(20-9-13-26(34-2)14-10-20)32-28-18-24-16-22-6-4-3-5-21(22)15-23(24)17-27(28)31-29;/h3-18H,1-2H3;1H4. The molecule has 5 aromatic carbocycles. The molecule has 172 valence electrons. The predicted octanol–water partition coefficient (Wildman–Crippen LogP) is 7.92. The van der Waals surface area contributed by atoms with E-state index in [2.05, 4.69) is 48.5 Å². The minimum absolute atomic E-state index is 0. The Morgan fingerprint density at radius 1 is 0.486 bits per heavy atom. The fourth-order valence-electron chi connectivity index (χ4n) is 4.39. The van der Waals surface area contributed by atoms with Crippen LogP contribution in [0.1, 0.15) is 7.43 Å². The van der Waals surface area contributed by atoms with E-state index >= 15 is 0 Å². The molecule has 1 aromatic heterocycles. The summed E-state index contributed by atoms with van der Waals surface area (Å²) in [5.41, 5.74) is 5.37. The zero-order valence-corrected chi connectivity index (χ0v) is 18.9. The zero-order chi connectivity index (χ0) is 23.1. The second kappa shape index (κ2) is 9.07. The third kappa shape index (κ3) is 4.04. The summed E-state index contributed by atoms with van der Waals surface area (Å²) in [5, 5.41) is 4.73. The van der Waals surface area contributed by atoms with Crippen LogP contribution in [0.15, 0.2) is 97.1 Å². The van der Waals surface area contributed by atoms with Crippen molar-refractivity contribution < 1.29 is 9.47 Å². The molecule has 0 saturated heterocycles. The Balaban J connectivity index is 0.00000253. The van der Waals surface area contributed by atoms with Crippen LogP contribution in [0.4, 0.5) is 0 Å². The van der Waals surface area contributed by atoms with Gasteiger partial charge in [-0.3, -0.25) is 0 Å². The molecular weight excluding hydrogens is 432 g/mol. The minimum atomic E-state index is 0. The fourth-order valence-corrected chi connectivity index (χ4v) is 4.39. The number of fused-ring (bicyclic) bond motifs is 3. The lowest BCUT2D eigenvalue weighted by atomic mass is 10.0. The molecular formula is C31H26N2O2. The highest BCUT2D eigenvalue weighted by Gasteiger charge is 2.15. The molecule has 0 radical (unpaired) electrons. The van der Waals surface area contributed by atoms with E-state index in [9.17, 15) is 0 Å². The summed E-state index contributed by atoms with van der Waals surface area (Å²) in [6.45, 7) is 0. The summed E-state index contributed by atoms with van der Waals surface area (Å²) in [7, 11) is 3.34. The average molecular weight is 459 g/mol. The van der Waals surface area contributed by atoms with E-state index in [0.717, 1.165) is 55.8 Å². The Labute approximate surface area is 204 Å². The maximum absolute atomic E-state index is 5.35. The first-order valence-corrected chi connectivity index (χ1v) is 11.1. The van der Waals surface area contributed by atoms with Crippen molar-refractivity contribution in [3.8, 4) is 34.0 Å². The number of hydrogen-bond donors (Lipinski definition) is 0. The van der Waals surface area contributed by atoms with E-state index in [1.807, 2.05) is 48.5 Å². The quantitative estimate of drug-likeness (QED) is 0.252. The smallest absolute Gasteiger partial charge is 0.118 e. The largest absolute Gasteiger partial charge is 0.497 e. The Morgan fingerprint density at radius 3 is 1.26 bits per heavy atom. The van der Waals surface area contributed by atoms with Crippen molar-refractivity contribution in [3.63, 3.8) is 0 Å². The van der Waals surface area contributed by atoms with Crippen LogP contribution in [-0.4, -0.2) is 24.2 Å². The Bertz CT molecular complexity index is 1530. The number of benzene rings is 5. The van der Waals surface area contributed by atoms with Gasteiger partial charge in [-0.15, -0.1) is 0 Å². The summed E-state index contributed by atoms with van der Waals surface area (Å²) in [6, 6.07) is 33.0. The lowest BCUT2D eigenvalue weighted by Gasteiger charge is -2.12. The van der Waals surface area contributed by atoms with Gasteiger partial charge in [0.25, 0.3) is 0 Å². The van der Waals surface area contributed by atoms with Crippen LogP contribution in [0, 0.1) is 0 Å². The molecule has 4 heteroatoms. The monoisotopic (exact) mass is 458 g/mol. The van der Waals surface area contributed by atoms with E-state index < -0.39 is 0 Å². The lowest BCUT2D eigenvalue weighted by molar-refractivity contribution is 0.414. The van der Waals surface area contributed by atoms with E-state index in [1.165, 1.54) is 10.8 Å². The highest BCUT2D eigenvalue weighted by atomic mass is 16.5. The molecule has 0 bridgehead atoms. The van der Waals surface area contributed by atoms with Crippen LogP contribution in [0.5, 0.6) is 11.5 Å². The van der Waals surface area contributed by atoms with Crippen molar-refractivity contribution >= 4 is 32.6 Å². The van der Waals surface area contributed by atoms with Crippen LogP contribution in [0.3, 0.4) is 0 Å². The van der Waals surface area contributed by atoms with Crippen LogP contribution in [0.25, 0.3) is 55.1 Å². The summed E-state index contributed by atoms with van der Waals surface area (Å²) in [5.74, 6) is 1.61. The number of ether oxygens (including phenoxy) is 2. The summed E-state index contributed by atoms with van der Waals surface area (Å²) in [6.07, 6.45) is 0. The molecule has 0 fully saturated rings. The summed E-state index contributed by atoms with van der Waals surface area (Å²) < 4.78 is 10.7. The van der Waals surface area contributed by atoms with Gasteiger partial charge in [0.05, 0.1) is 36.6 Å². The van der Waals surface area contributed by atoms with Gasteiger partial charge in [-0.05, 0) is 94.3 Å². The van der Waals surface area contributed by atoms with Gasteiger partial charge in [0.1, 0.15) is 11.5 Å². The topological polar surface area (TPSA) is 44.2 Å².